The molecule has 3 heteroatoms. The summed E-state index contributed by atoms with van der Waals surface area (Å²) in [5.74, 6) is 1.02. The van der Waals surface area contributed by atoms with Crippen molar-refractivity contribution in [1.29, 1.82) is 0 Å². The summed E-state index contributed by atoms with van der Waals surface area (Å²) in [4.78, 5) is 5.26. The van der Waals surface area contributed by atoms with E-state index in [1.54, 1.807) is 12.1 Å². The van der Waals surface area contributed by atoms with Gasteiger partial charge in [-0.15, -0.1) is 0 Å². The quantitative estimate of drug-likeness (QED) is 0.866. The fraction of sp³-hybridized carbons (Fsp3) is 0.500. The van der Waals surface area contributed by atoms with Crippen molar-refractivity contribution in [3.8, 4) is 5.75 Å². The van der Waals surface area contributed by atoms with E-state index in [2.05, 4.69) is 47.1 Å². The molecule has 3 nitrogen and oxygen atoms in total. The first-order chi connectivity index (χ1) is 13.2. The highest BCUT2D eigenvalue weighted by Crippen LogP contribution is 2.45. The first kappa shape index (κ1) is 18.5. The summed E-state index contributed by atoms with van der Waals surface area (Å²) in [6, 6.07) is 18.8. The minimum absolute atomic E-state index is 0.352. The monoisotopic (exact) mass is 364 g/mol. The summed E-state index contributed by atoms with van der Waals surface area (Å²) in [6.07, 6.45) is 3.93. The van der Waals surface area contributed by atoms with Gasteiger partial charge in [-0.1, -0.05) is 49.4 Å². The zero-order valence-electron chi connectivity index (χ0n) is 16.5. The molecule has 1 N–H and O–H groups in total. The molecule has 2 fully saturated rings. The van der Waals surface area contributed by atoms with Gasteiger partial charge in [0, 0.05) is 19.6 Å². The van der Waals surface area contributed by atoms with Crippen LogP contribution in [-0.2, 0) is 6.54 Å². The Morgan fingerprint density at radius 2 is 1.67 bits per heavy atom. The first-order valence-corrected chi connectivity index (χ1v) is 10.4. The molecule has 0 aliphatic carbocycles. The summed E-state index contributed by atoms with van der Waals surface area (Å²) < 4.78 is 0. The van der Waals surface area contributed by atoms with Crippen LogP contribution in [-0.4, -0.2) is 47.6 Å². The van der Waals surface area contributed by atoms with Crippen LogP contribution < -0.4 is 0 Å². The zero-order valence-corrected chi connectivity index (χ0v) is 16.5. The maximum atomic E-state index is 9.48. The third-order valence-electron chi connectivity index (χ3n) is 6.69. The summed E-state index contributed by atoms with van der Waals surface area (Å²) in [5, 5.41) is 9.48. The molecule has 4 rings (SSSR count). The molecule has 2 heterocycles. The van der Waals surface area contributed by atoms with Crippen LogP contribution in [0, 0.1) is 5.41 Å². The van der Waals surface area contributed by atoms with Crippen molar-refractivity contribution < 1.29 is 5.11 Å². The molecular weight excluding hydrogens is 332 g/mol. The van der Waals surface area contributed by atoms with Crippen molar-refractivity contribution in [2.75, 3.05) is 32.7 Å². The fourth-order valence-electron chi connectivity index (χ4n) is 5.10. The maximum absolute atomic E-state index is 9.48. The smallest absolute Gasteiger partial charge is 0.115 e. The molecule has 0 aromatic heterocycles. The predicted molar refractivity (Wildman–Crippen MR) is 111 cm³/mol. The summed E-state index contributed by atoms with van der Waals surface area (Å²) in [5.41, 5.74) is 3.28. The van der Waals surface area contributed by atoms with Crippen LogP contribution in [0.2, 0.25) is 0 Å². The van der Waals surface area contributed by atoms with Crippen molar-refractivity contribution in [2.24, 2.45) is 5.41 Å². The number of benzene rings is 2. The number of phenolic OH excluding ortho intramolecular Hbond substituents is 1. The Morgan fingerprint density at radius 3 is 2.33 bits per heavy atom. The van der Waals surface area contributed by atoms with E-state index in [0.717, 1.165) is 13.1 Å². The van der Waals surface area contributed by atoms with Crippen LogP contribution in [0.15, 0.2) is 54.6 Å². The van der Waals surface area contributed by atoms with E-state index in [-0.39, 0.29) is 0 Å². The Bertz CT molecular complexity index is 720. The van der Waals surface area contributed by atoms with E-state index in [1.165, 1.54) is 56.6 Å². The summed E-state index contributed by atoms with van der Waals surface area (Å²) >= 11 is 0. The Morgan fingerprint density at radius 1 is 0.963 bits per heavy atom. The van der Waals surface area contributed by atoms with Gasteiger partial charge in [0.05, 0.1) is 0 Å². The molecule has 2 aliphatic rings. The SMILES string of the molecule is CCN1CC(c2ccccc2)CC2(CCN(Cc3ccc(O)cc3)CC2)C1. The van der Waals surface area contributed by atoms with E-state index in [0.29, 0.717) is 17.1 Å². The molecule has 27 heavy (non-hydrogen) atoms. The molecule has 0 radical (unpaired) electrons. The van der Waals surface area contributed by atoms with Gasteiger partial charge in [-0.3, -0.25) is 4.90 Å². The lowest BCUT2D eigenvalue weighted by molar-refractivity contribution is 0.0138. The molecule has 1 spiro atoms. The lowest BCUT2D eigenvalue weighted by Crippen LogP contribution is -2.51. The molecule has 0 saturated carbocycles. The van der Waals surface area contributed by atoms with Crippen molar-refractivity contribution >= 4 is 0 Å². The van der Waals surface area contributed by atoms with Gasteiger partial charge in [-0.05, 0) is 73.5 Å². The van der Waals surface area contributed by atoms with Gasteiger partial charge >= 0.3 is 0 Å². The third kappa shape index (κ3) is 4.36. The number of phenols is 1. The lowest BCUT2D eigenvalue weighted by Gasteiger charge is -2.50. The standard InChI is InChI=1S/C24H32N2O/c1-2-25-18-22(21-6-4-3-5-7-21)16-24(19-25)12-14-26(15-13-24)17-20-8-10-23(27)11-9-20/h3-11,22,27H,2,12-19H2,1H3. The molecule has 2 aromatic rings. The van der Waals surface area contributed by atoms with Gasteiger partial charge in [-0.2, -0.15) is 0 Å². The Labute approximate surface area is 163 Å². The van der Waals surface area contributed by atoms with Gasteiger partial charge in [0.1, 0.15) is 5.75 Å². The van der Waals surface area contributed by atoms with Gasteiger partial charge in [-0.25, -0.2) is 0 Å². The van der Waals surface area contributed by atoms with E-state index in [1.807, 2.05) is 12.1 Å². The largest absolute Gasteiger partial charge is 0.508 e. The van der Waals surface area contributed by atoms with Crippen molar-refractivity contribution in [3.63, 3.8) is 0 Å². The van der Waals surface area contributed by atoms with E-state index < -0.39 is 0 Å². The fourth-order valence-corrected chi connectivity index (χ4v) is 5.10. The molecule has 2 saturated heterocycles. The second kappa shape index (κ2) is 8.04. The third-order valence-corrected chi connectivity index (χ3v) is 6.69. The average molecular weight is 365 g/mol. The van der Waals surface area contributed by atoms with E-state index in [9.17, 15) is 5.11 Å². The molecule has 0 amide bonds. The highest BCUT2D eigenvalue weighted by Gasteiger charge is 2.41. The highest BCUT2D eigenvalue weighted by atomic mass is 16.3. The van der Waals surface area contributed by atoms with E-state index in [4.69, 9.17) is 0 Å². The molecule has 1 unspecified atom stereocenters. The van der Waals surface area contributed by atoms with E-state index >= 15 is 0 Å². The second-order valence-corrected chi connectivity index (χ2v) is 8.58. The van der Waals surface area contributed by atoms with Crippen molar-refractivity contribution in [2.45, 2.75) is 38.6 Å². The van der Waals surface area contributed by atoms with Crippen LogP contribution in [0.1, 0.15) is 43.2 Å². The van der Waals surface area contributed by atoms with Crippen molar-refractivity contribution in [1.82, 2.24) is 9.80 Å². The molecule has 1 atom stereocenters. The Kier molecular flexibility index (Phi) is 5.51. The molecule has 0 bridgehead atoms. The van der Waals surface area contributed by atoms with Gasteiger partial charge < -0.3 is 10.0 Å². The number of piperidine rings is 2. The van der Waals surface area contributed by atoms with Gasteiger partial charge in [0.25, 0.3) is 0 Å². The maximum Gasteiger partial charge on any atom is 0.115 e. The first-order valence-electron chi connectivity index (χ1n) is 10.4. The Balaban J connectivity index is 1.41. The summed E-state index contributed by atoms with van der Waals surface area (Å²) in [7, 11) is 0. The molecular formula is C24H32N2O. The van der Waals surface area contributed by atoms with Crippen LogP contribution in [0.4, 0.5) is 0 Å². The lowest BCUT2D eigenvalue weighted by atomic mass is 9.68. The van der Waals surface area contributed by atoms with Crippen LogP contribution in [0.25, 0.3) is 0 Å². The zero-order chi connectivity index (χ0) is 18.7. The minimum atomic E-state index is 0.352. The highest BCUT2D eigenvalue weighted by molar-refractivity contribution is 5.26. The number of hydrogen-bond acceptors (Lipinski definition) is 3. The molecule has 2 aliphatic heterocycles. The normalized spacial score (nSPS) is 23.5. The summed E-state index contributed by atoms with van der Waals surface area (Å²) in [6.45, 7) is 9.29. The van der Waals surface area contributed by atoms with Crippen LogP contribution in [0.5, 0.6) is 5.75 Å². The van der Waals surface area contributed by atoms with Gasteiger partial charge in [0.15, 0.2) is 0 Å². The average Bonchev–Trinajstić information content (AvgIpc) is 2.72. The van der Waals surface area contributed by atoms with Gasteiger partial charge in [0.2, 0.25) is 0 Å². The Hall–Kier alpha value is -1.84. The number of likely N-dealkylation sites (N-methyl/N-ethyl adjacent to an activating group) is 1. The van der Waals surface area contributed by atoms with Crippen LogP contribution in [0.3, 0.4) is 0 Å². The second-order valence-electron chi connectivity index (χ2n) is 8.58. The molecule has 144 valence electrons. The topological polar surface area (TPSA) is 26.7 Å². The number of likely N-dealkylation sites (tertiary alicyclic amines) is 2. The number of nitrogens with zero attached hydrogens (tertiary/aromatic N) is 2. The number of aromatic hydroxyl groups is 1. The number of rotatable bonds is 4. The minimum Gasteiger partial charge on any atom is -0.508 e. The number of hydrogen-bond donors (Lipinski definition) is 1. The van der Waals surface area contributed by atoms with Crippen LogP contribution >= 0.6 is 0 Å². The predicted octanol–water partition coefficient (Wildman–Crippen LogP) is 4.48. The van der Waals surface area contributed by atoms with Crippen molar-refractivity contribution in [3.05, 3.63) is 65.7 Å². The molecule has 2 aromatic carbocycles.